The normalized spacial score (nSPS) is 8.92. The largest absolute Gasteiger partial charge is 0.398 e. The molecule has 1 aromatic rings. The lowest BCUT2D eigenvalue weighted by Gasteiger charge is -1.92. The van der Waals surface area contributed by atoms with Crippen LogP contribution in [0.5, 0.6) is 0 Å². The second-order valence-electron chi connectivity index (χ2n) is 1.81. The fourth-order valence-corrected chi connectivity index (χ4v) is 0.767. The van der Waals surface area contributed by atoms with E-state index >= 15 is 0 Å². The first kappa shape index (κ1) is 8.29. The van der Waals surface area contributed by atoms with E-state index in [0.29, 0.717) is 0 Å². The monoisotopic (exact) mass is 182 g/mol. The zero-order valence-corrected chi connectivity index (χ0v) is 6.46. The van der Waals surface area contributed by atoms with Gasteiger partial charge in [0.25, 0.3) is 0 Å². The van der Waals surface area contributed by atoms with Crippen molar-refractivity contribution in [2.75, 3.05) is 0 Å². The average molecular weight is 182 g/mol. The first-order valence-electron chi connectivity index (χ1n) is 2.79. The summed E-state index contributed by atoms with van der Waals surface area (Å²) in [7, 11) is 0. The van der Waals surface area contributed by atoms with Crippen molar-refractivity contribution in [1.82, 2.24) is 9.97 Å². The zero-order chi connectivity index (χ0) is 9.14. The van der Waals surface area contributed by atoms with Crippen molar-refractivity contribution in [1.29, 1.82) is 5.26 Å². The van der Waals surface area contributed by atoms with Crippen molar-refractivity contribution in [3.05, 3.63) is 26.6 Å². The molecule has 1 aromatic heterocycles. The Hall–Kier alpha value is -1.81. The topological polar surface area (TPSA) is 95.6 Å². The van der Waals surface area contributed by atoms with Crippen molar-refractivity contribution in [2.45, 2.75) is 0 Å². The summed E-state index contributed by atoms with van der Waals surface area (Å²) < 4.78 is 0.192. The van der Waals surface area contributed by atoms with Crippen molar-refractivity contribution in [3.8, 4) is 6.07 Å². The van der Waals surface area contributed by atoms with Gasteiger partial charge >= 0.3 is 5.82 Å². The quantitative estimate of drug-likeness (QED) is 0.395. The number of hydrogen-bond donors (Lipinski definition) is 1. The molecular weight excluding hydrogens is 180 g/mol. The molecule has 0 amide bonds. The molecule has 0 unspecified atom stereocenters. The molecule has 1 rings (SSSR count). The van der Waals surface area contributed by atoms with E-state index in [2.05, 4.69) is 22.2 Å². The highest BCUT2D eigenvalue weighted by atomic mass is 32.1. The van der Waals surface area contributed by atoms with Gasteiger partial charge in [-0.15, -0.1) is 0 Å². The third-order valence-electron chi connectivity index (χ3n) is 1.06. The molecule has 0 aliphatic carbocycles. The van der Waals surface area contributed by atoms with Crippen molar-refractivity contribution >= 4 is 18.0 Å². The predicted molar refractivity (Wildman–Crippen MR) is 40.8 cm³/mol. The number of H-pyrrole nitrogens is 1. The van der Waals surface area contributed by atoms with Gasteiger partial charge in [-0.05, 0) is 9.91 Å². The first-order chi connectivity index (χ1) is 5.65. The molecule has 0 aliphatic rings. The van der Waals surface area contributed by atoms with E-state index in [1.54, 1.807) is 6.07 Å². The summed E-state index contributed by atoms with van der Waals surface area (Å²) in [6, 6.07) is 1.59. The highest BCUT2D eigenvalue weighted by Gasteiger charge is 2.14. The number of nitro groups is 1. The molecule has 0 aromatic carbocycles. The summed E-state index contributed by atoms with van der Waals surface area (Å²) in [4.78, 5) is 15.2. The van der Waals surface area contributed by atoms with E-state index in [1.165, 1.54) is 0 Å². The van der Waals surface area contributed by atoms with E-state index in [-0.39, 0.29) is 10.3 Å². The van der Waals surface area contributed by atoms with Gasteiger partial charge in [0.15, 0.2) is 6.20 Å². The van der Waals surface area contributed by atoms with Gasteiger partial charge in [0.2, 0.25) is 5.69 Å². The lowest BCUT2D eigenvalue weighted by molar-refractivity contribution is -0.390. The number of nitrogens with one attached hydrogen (secondary N) is 1. The molecule has 12 heavy (non-hydrogen) atoms. The molecule has 0 saturated heterocycles. The second kappa shape index (κ2) is 3.06. The number of aromatic amines is 1. The molecule has 6 nitrogen and oxygen atoms in total. The van der Waals surface area contributed by atoms with Crippen LogP contribution in [0.2, 0.25) is 0 Å². The second-order valence-corrected chi connectivity index (χ2v) is 2.25. The van der Waals surface area contributed by atoms with Crippen LogP contribution in [0.25, 0.3) is 0 Å². The Bertz CT molecular complexity index is 418. The van der Waals surface area contributed by atoms with Gasteiger partial charge in [0, 0.05) is 0 Å². The number of hydrogen-bond acceptors (Lipinski definition) is 5. The summed E-state index contributed by atoms with van der Waals surface area (Å²) >= 11 is 4.62. The Balaban J connectivity index is 3.42. The third kappa shape index (κ3) is 1.43. The van der Waals surface area contributed by atoms with Crippen LogP contribution in [0.3, 0.4) is 0 Å². The molecule has 0 bridgehead atoms. The van der Waals surface area contributed by atoms with E-state index in [9.17, 15) is 10.1 Å². The lowest BCUT2D eigenvalue weighted by Crippen LogP contribution is -1.97. The molecule has 0 fully saturated rings. The van der Waals surface area contributed by atoms with Crippen LogP contribution in [0.4, 0.5) is 5.82 Å². The lowest BCUT2D eigenvalue weighted by atomic mass is 10.4. The average Bonchev–Trinajstić information content (AvgIpc) is 2.03. The van der Waals surface area contributed by atoms with E-state index < -0.39 is 10.7 Å². The Morgan fingerprint density at radius 2 is 2.50 bits per heavy atom. The highest BCUT2D eigenvalue weighted by Crippen LogP contribution is 2.09. The van der Waals surface area contributed by atoms with Crippen LogP contribution in [0.15, 0.2) is 6.20 Å². The van der Waals surface area contributed by atoms with Crippen molar-refractivity contribution in [3.63, 3.8) is 0 Å². The van der Waals surface area contributed by atoms with Crippen LogP contribution in [-0.2, 0) is 0 Å². The molecule has 7 heteroatoms. The van der Waals surface area contributed by atoms with Crippen LogP contribution < -0.4 is 0 Å². The van der Waals surface area contributed by atoms with Gasteiger partial charge in [-0.2, -0.15) is 5.26 Å². The Labute approximate surface area is 71.6 Å². The molecule has 1 N–H and O–H groups in total. The highest BCUT2D eigenvalue weighted by molar-refractivity contribution is 7.71. The maximum atomic E-state index is 10.2. The minimum Gasteiger partial charge on any atom is -0.358 e. The van der Waals surface area contributed by atoms with Gasteiger partial charge in [0.05, 0.1) is 0 Å². The molecule has 0 radical (unpaired) electrons. The molecule has 60 valence electrons. The maximum absolute atomic E-state index is 10.2. The molecule has 0 spiro atoms. The summed E-state index contributed by atoms with van der Waals surface area (Å²) in [5.41, 5.74) is -0.229. The SMILES string of the molecule is N#Cc1[nH]c(=S)cnc1[N+](=O)[O-]. The molecule has 1 heterocycles. The molecule has 0 atom stereocenters. The minimum atomic E-state index is -0.746. The first-order valence-corrected chi connectivity index (χ1v) is 3.20. The number of nitriles is 1. The van der Waals surface area contributed by atoms with Crippen LogP contribution in [0, 0.1) is 26.1 Å². The summed E-state index contributed by atoms with van der Waals surface area (Å²) in [5, 5.41) is 18.6. The van der Waals surface area contributed by atoms with Gasteiger partial charge < -0.3 is 15.1 Å². The summed E-state index contributed by atoms with van der Waals surface area (Å²) in [6.07, 6.45) is 1.12. The number of nitrogens with zero attached hydrogens (tertiary/aromatic N) is 3. The molecular formula is C5H2N4O2S. The fraction of sp³-hybridized carbons (Fsp3) is 0. The molecule has 0 aliphatic heterocycles. The van der Waals surface area contributed by atoms with Crippen molar-refractivity contribution in [2.24, 2.45) is 0 Å². The third-order valence-corrected chi connectivity index (χ3v) is 1.27. The van der Waals surface area contributed by atoms with Gasteiger partial charge in [-0.1, -0.05) is 12.2 Å². The number of rotatable bonds is 1. The van der Waals surface area contributed by atoms with Crippen LogP contribution >= 0.6 is 12.2 Å². The number of aromatic nitrogens is 2. The Morgan fingerprint density at radius 3 is 3.00 bits per heavy atom. The van der Waals surface area contributed by atoms with Crippen molar-refractivity contribution < 1.29 is 4.92 Å². The zero-order valence-electron chi connectivity index (χ0n) is 5.64. The van der Waals surface area contributed by atoms with E-state index in [4.69, 9.17) is 5.26 Å². The van der Waals surface area contributed by atoms with Gasteiger partial charge in [-0.3, -0.25) is 0 Å². The maximum Gasteiger partial charge on any atom is 0.398 e. The Morgan fingerprint density at radius 1 is 1.83 bits per heavy atom. The minimum absolute atomic E-state index is 0.192. The van der Waals surface area contributed by atoms with Gasteiger partial charge in [0.1, 0.15) is 10.7 Å². The van der Waals surface area contributed by atoms with Gasteiger partial charge in [-0.25, -0.2) is 0 Å². The van der Waals surface area contributed by atoms with Crippen LogP contribution in [0.1, 0.15) is 5.69 Å². The standard InChI is InChI=1S/C5H2N4O2S/c6-1-3-5(9(10)11)7-2-4(12)8-3/h2H,(H,8,12). The summed E-state index contributed by atoms with van der Waals surface area (Å²) in [6.45, 7) is 0. The van der Waals surface area contributed by atoms with E-state index in [0.717, 1.165) is 6.20 Å². The van der Waals surface area contributed by atoms with E-state index in [1.807, 2.05) is 0 Å². The summed E-state index contributed by atoms with van der Waals surface area (Å²) in [5.74, 6) is -0.508. The van der Waals surface area contributed by atoms with Crippen LogP contribution in [-0.4, -0.2) is 14.9 Å². The molecule has 0 saturated carbocycles. The fourth-order valence-electron chi connectivity index (χ4n) is 0.612. The predicted octanol–water partition coefficient (Wildman–Crippen LogP) is 0.919. The Kier molecular flexibility index (Phi) is 2.11. The smallest absolute Gasteiger partial charge is 0.358 e.